The molecule has 1 aromatic rings. The highest BCUT2D eigenvalue weighted by molar-refractivity contribution is 4.94. The maximum atomic E-state index is 4.00. The average Bonchev–Trinajstić information content (AvgIpc) is 1.91. The molecule has 2 heteroatoms. The van der Waals surface area contributed by atoms with E-state index in [0.717, 1.165) is 18.5 Å². The molecule has 0 atom stereocenters. The van der Waals surface area contributed by atoms with Crippen LogP contribution in [0.4, 0.5) is 0 Å². The van der Waals surface area contributed by atoms with Crippen LogP contribution < -0.4 is 0 Å². The lowest BCUT2D eigenvalue weighted by atomic mass is 10.2. The summed E-state index contributed by atoms with van der Waals surface area (Å²) in [6, 6.07) is 2.95. The van der Waals surface area contributed by atoms with E-state index < -0.39 is 0 Å². The molecule has 0 saturated heterocycles. The molecule has 1 heterocycles. The predicted octanol–water partition coefficient (Wildman–Crippen LogP) is 1.23. The monoisotopic (exact) mass is 121 g/mol. The largest absolute Gasteiger partial charge is 0.244 e. The summed E-state index contributed by atoms with van der Waals surface area (Å²) in [7, 11) is 0. The molecule has 0 amide bonds. The van der Waals surface area contributed by atoms with Crippen LogP contribution in [0, 0.1) is 6.07 Å². The van der Waals surface area contributed by atoms with E-state index in [1.54, 1.807) is 12.5 Å². The molecule has 0 aliphatic heterocycles. The van der Waals surface area contributed by atoms with E-state index in [0.29, 0.717) is 0 Å². The Morgan fingerprint density at radius 1 is 1.67 bits per heavy atom. The van der Waals surface area contributed by atoms with Gasteiger partial charge in [0.05, 0.1) is 5.69 Å². The third kappa shape index (κ3) is 1.80. The van der Waals surface area contributed by atoms with Crippen LogP contribution in [0.2, 0.25) is 0 Å². The van der Waals surface area contributed by atoms with Gasteiger partial charge in [0.25, 0.3) is 0 Å². The van der Waals surface area contributed by atoms with Crippen molar-refractivity contribution >= 4 is 0 Å². The Kier molecular flexibility index (Phi) is 2.19. The number of nitrogens with zero attached hydrogens (tertiary/aromatic N) is 2. The van der Waals surface area contributed by atoms with Gasteiger partial charge in [-0.25, -0.2) is 9.97 Å². The van der Waals surface area contributed by atoms with Crippen LogP contribution in [0.3, 0.4) is 0 Å². The van der Waals surface area contributed by atoms with E-state index in [1.807, 2.05) is 0 Å². The van der Waals surface area contributed by atoms with Gasteiger partial charge >= 0.3 is 0 Å². The first-order chi connectivity index (χ1) is 4.43. The zero-order valence-corrected chi connectivity index (χ0v) is 5.46. The fraction of sp³-hybridized carbons (Fsp3) is 0.429. The molecule has 0 fully saturated rings. The topological polar surface area (TPSA) is 25.8 Å². The normalized spacial score (nSPS) is 9.44. The number of hydrogen-bond donors (Lipinski definition) is 0. The van der Waals surface area contributed by atoms with E-state index in [9.17, 15) is 0 Å². The minimum Gasteiger partial charge on any atom is -0.244 e. The average molecular weight is 121 g/mol. The molecule has 0 aliphatic carbocycles. The Hall–Kier alpha value is -0.920. The van der Waals surface area contributed by atoms with Gasteiger partial charge in [0.1, 0.15) is 6.33 Å². The predicted molar refractivity (Wildman–Crippen MR) is 34.9 cm³/mol. The van der Waals surface area contributed by atoms with E-state index >= 15 is 0 Å². The van der Waals surface area contributed by atoms with Gasteiger partial charge < -0.3 is 0 Å². The molecule has 0 aromatic carbocycles. The van der Waals surface area contributed by atoms with Crippen molar-refractivity contribution in [3.8, 4) is 0 Å². The summed E-state index contributed by atoms with van der Waals surface area (Å²) in [4.78, 5) is 7.76. The fourth-order valence-electron chi connectivity index (χ4n) is 0.659. The van der Waals surface area contributed by atoms with E-state index in [-0.39, 0.29) is 0 Å². The lowest BCUT2D eigenvalue weighted by molar-refractivity contribution is 0.870. The van der Waals surface area contributed by atoms with Gasteiger partial charge in [0.15, 0.2) is 0 Å². The van der Waals surface area contributed by atoms with Crippen molar-refractivity contribution in [1.29, 1.82) is 0 Å². The van der Waals surface area contributed by atoms with Crippen molar-refractivity contribution in [3.05, 3.63) is 24.3 Å². The van der Waals surface area contributed by atoms with Gasteiger partial charge in [0.2, 0.25) is 0 Å². The molecule has 0 bridgehead atoms. The molecule has 47 valence electrons. The van der Waals surface area contributed by atoms with Crippen LogP contribution in [0.5, 0.6) is 0 Å². The molecule has 1 rings (SSSR count). The number of aromatic nitrogens is 2. The second-order valence-electron chi connectivity index (χ2n) is 1.86. The first-order valence-corrected chi connectivity index (χ1v) is 3.10. The minimum absolute atomic E-state index is 1.00. The lowest BCUT2D eigenvalue weighted by Crippen LogP contribution is -1.87. The molecule has 9 heavy (non-hydrogen) atoms. The number of hydrogen-bond acceptors (Lipinski definition) is 2. The van der Waals surface area contributed by atoms with Crippen molar-refractivity contribution in [1.82, 2.24) is 9.97 Å². The van der Waals surface area contributed by atoms with Crippen LogP contribution in [0.25, 0.3) is 0 Å². The maximum absolute atomic E-state index is 4.00. The molecule has 0 spiro atoms. The maximum Gasteiger partial charge on any atom is 0.115 e. The molecule has 0 N–H and O–H groups in total. The second-order valence-corrected chi connectivity index (χ2v) is 1.86. The molecule has 1 radical (unpaired) electrons. The van der Waals surface area contributed by atoms with Crippen molar-refractivity contribution in [2.45, 2.75) is 19.8 Å². The standard InChI is InChI=1S/C7H9N2/c1-2-3-7-4-5-8-6-9-7/h5-6H,2-3H2,1H3. The van der Waals surface area contributed by atoms with Gasteiger partial charge in [-0.15, -0.1) is 0 Å². The third-order valence-corrected chi connectivity index (χ3v) is 1.07. The Labute approximate surface area is 55.0 Å². The summed E-state index contributed by atoms with van der Waals surface area (Å²) >= 11 is 0. The zero-order valence-electron chi connectivity index (χ0n) is 5.46. The summed E-state index contributed by atoms with van der Waals surface area (Å²) in [6.07, 6.45) is 5.33. The summed E-state index contributed by atoms with van der Waals surface area (Å²) < 4.78 is 0. The van der Waals surface area contributed by atoms with Gasteiger partial charge in [-0.2, -0.15) is 0 Å². The molecular weight excluding hydrogens is 112 g/mol. The van der Waals surface area contributed by atoms with Gasteiger partial charge in [-0.05, 0) is 6.42 Å². The molecular formula is C7H9N2. The molecule has 0 unspecified atom stereocenters. The second kappa shape index (κ2) is 3.17. The van der Waals surface area contributed by atoms with Crippen LogP contribution in [0.1, 0.15) is 19.0 Å². The zero-order chi connectivity index (χ0) is 6.53. The summed E-state index contributed by atoms with van der Waals surface area (Å²) in [5, 5.41) is 0. The molecule has 0 aliphatic rings. The number of rotatable bonds is 2. The third-order valence-electron chi connectivity index (χ3n) is 1.07. The molecule has 2 nitrogen and oxygen atoms in total. The highest BCUT2D eigenvalue weighted by atomic mass is 14.8. The molecule has 1 aromatic heterocycles. The van der Waals surface area contributed by atoms with Gasteiger partial charge in [-0.1, -0.05) is 13.3 Å². The van der Waals surface area contributed by atoms with Crippen LogP contribution in [0.15, 0.2) is 12.5 Å². The van der Waals surface area contributed by atoms with E-state index in [4.69, 9.17) is 0 Å². The summed E-state index contributed by atoms with van der Waals surface area (Å²) in [5.41, 5.74) is 1.01. The Bertz CT molecular complexity index is 160. The van der Waals surface area contributed by atoms with Crippen molar-refractivity contribution in [2.75, 3.05) is 0 Å². The number of aryl methyl sites for hydroxylation is 1. The van der Waals surface area contributed by atoms with E-state index in [1.165, 1.54) is 0 Å². The van der Waals surface area contributed by atoms with Crippen molar-refractivity contribution in [2.24, 2.45) is 0 Å². The SMILES string of the molecule is CCCc1[c]cncn1. The van der Waals surface area contributed by atoms with Gasteiger partial charge in [0, 0.05) is 12.3 Å². The lowest BCUT2D eigenvalue weighted by Gasteiger charge is -1.91. The van der Waals surface area contributed by atoms with E-state index in [2.05, 4.69) is 23.0 Å². The Morgan fingerprint density at radius 2 is 2.56 bits per heavy atom. The van der Waals surface area contributed by atoms with Gasteiger partial charge in [-0.3, -0.25) is 0 Å². The Morgan fingerprint density at radius 3 is 3.11 bits per heavy atom. The summed E-state index contributed by atoms with van der Waals surface area (Å²) in [5.74, 6) is 0. The highest BCUT2D eigenvalue weighted by Crippen LogP contribution is 1.93. The van der Waals surface area contributed by atoms with Crippen LogP contribution in [-0.4, -0.2) is 9.97 Å². The smallest absolute Gasteiger partial charge is 0.115 e. The molecule has 0 saturated carbocycles. The van der Waals surface area contributed by atoms with Crippen molar-refractivity contribution in [3.63, 3.8) is 0 Å². The fourth-order valence-corrected chi connectivity index (χ4v) is 0.659. The van der Waals surface area contributed by atoms with Crippen LogP contribution >= 0.6 is 0 Å². The quantitative estimate of drug-likeness (QED) is 0.588. The van der Waals surface area contributed by atoms with Crippen molar-refractivity contribution < 1.29 is 0 Å². The first-order valence-electron chi connectivity index (χ1n) is 3.10. The first kappa shape index (κ1) is 6.20. The van der Waals surface area contributed by atoms with Crippen LogP contribution in [-0.2, 0) is 6.42 Å². The Balaban J connectivity index is 2.61. The highest BCUT2D eigenvalue weighted by Gasteiger charge is 1.87. The minimum atomic E-state index is 1.00. The summed E-state index contributed by atoms with van der Waals surface area (Å²) in [6.45, 7) is 2.12.